The van der Waals surface area contributed by atoms with Crippen LogP contribution in [0.5, 0.6) is 11.5 Å². The van der Waals surface area contributed by atoms with Gasteiger partial charge in [-0.2, -0.15) is 0 Å². The normalized spacial score (nSPS) is 10.4. The van der Waals surface area contributed by atoms with Gasteiger partial charge in [0, 0.05) is 10.0 Å². The van der Waals surface area contributed by atoms with Gasteiger partial charge in [-0.05, 0) is 70.0 Å². The number of fused-ring (bicyclic) bond motifs is 1. The van der Waals surface area contributed by atoms with E-state index in [4.69, 9.17) is 9.47 Å². The number of hydrogen-bond donors (Lipinski definition) is 2. The molecule has 150 valence electrons. The molecule has 0 aliphatic rings. The number of rotatable bonds is 6. The lowest BCUT2D eigenvalue weighted by Gasteiger charge is -2.12. The second kappa shape index (κ2) is 9.76. The minimum Gasteiger partial charge on any atom is -0.494 e. The van der Waals surface area contributed by atoms with E-state index in [1.807, 2.05) is 31.2 Å². The van der Waals surface area contributed by atoms with E-state index in [0.717, 1.165) is 19.7 Å². The van der Waals surface area contributed by atoms with E-state index in [0.29, 0.717) is 23.7 Å². The van der Waals surface area contributed by atoms with Crippen LogP contribution >= 0.6 is 31.9 Å². The predicted octanol–water partition coefficient (Wildman–Crippen LogP) is 4.60. The molecule has 2 N–H and O–H groups in total. The summed E-state index contributed by atoms with van der Waals surface area (Å²) in [6.07, 6.45) is 0. The first-order valence-corrected chi connectivity index (χ1v) is 10.4. The van der Waals surface area contributed by atoms with Gasteiger partial charge in [-0.1, -0.05) is 34.1 Å². The summed E-state index contributed by atoms with van der Waals surface area (Å²) in [7, 11) is 0. The van der Waals surface area contributed by atoms with Crippen LogP contribution in [0.2, 0.25) is 0 Å². The first-order valence-electron chi connectivity index (χ1n) is 8.80. The number of amides is 2. The smallest absolute Gasteiger partial charge is 0.276 e. The van der Waals surface area contributed by atoms with Crippen LogP contribution in [0, 0.1) is 0 Å². The van der Waals surface area contributed by atoms with Crippen molar-refractivity contribution < 1.29 is 19.1 Å². The van der Waals surface area contributed by atoms with E-state index in [9.17, 15) is 9.59 Å². The summed E-state index contributed by atoms with van der Waals surface area (Å²) in [6.45, 7) is 2.11. The second-order valence-electron chi connectivity index (χ2n) is 5.99. The molecule has 0 heterocycles. The summed E-state index contributed by atoms with van der Waals surface area (Å²) >= 11 is 6.96. The zero-order valence-electron chi connectivity index (χ0n) is 15.5. The number of benzene rings is 3. The maximum absolute atomic E-state index is 12.2. The topological polar surface area (TPSA) is 76.7 Å². The van der Waals surface area contributed by atoms with Crippen LogP contribution in [0.4, 0.5) is 0 Å². The van der Waals surface area contributed by atoms with Crippen molar-refractivity contribution in [3.8, 4) is 11.5 Å². The van der Waals surface area contributed by atoms with Gasteiger partial charge in [0.25, 0.3) is 11.8 Å². The number of ether oxygens (including phenoxy) is 2. The summed E-state index contributed by atoms with van der Waals surface area (Å²) < 4.78 is 12.7. The average Bonchev–Trinajstić information content (AvgIpc) is 2.72. The maximum Gasteiger partial charge on any atom is 0.276 e. The van der Waals surface area contributed by atoms with Gasteiger partial charge in [-0.3, -0.25) is 20.4 Å². The molecule has 29 heavy (non-hydrogen) atoms. The van der Waals surface area contributed by atoms with Gasteiger partial charge in [0.05, 0.1) is 11.1 Å². The molecule has 0 radical (unpaired) electrons. The van der Waals surface area contributed by atoms with Crippen LogP contribution in [0.15, 0.2) is 63.5 Å². The number of nitrogens with one attached hydrogen (secondary N) is 2. The average molecular weight is 522 g/mol. The first-order chi connectivity index (χ1) is 14.0. The van der Waals surface area contributed by atoms with Gasteiger partial charge < -0.3 is 9.47 Å². The Morgan fingerprint density at radius 3 is 2.59 bits per heavy atom. The molecule has 0 fully saturated rings. The highest BCUT2D eigenvalue weighted by Gasteiger charge is 2.11. The molecule has 8 heteroatoms. The van der Waals surface area contributed by atoms with E-state index in [1.54, 1.807) is 30.3 Å². The van der Waals surface area contributed by atoms with E-state index < -0.39 is 11.8 Å². The van der Waals surface area contributed by atoms with E-state index in [1.165, 1.54) is 0 Å². The molecule has 6 nitrogen and oxygen atoms in total. The molecule has 0 atom stereocenters. The van der Waals surface area contributed by atoms with Crippen molar-refractivity contribution in [1.29, 1.82) is 0 Å². The summed E-state index contributed by atoms with van der Waals surface area (Å²) in [5, 5.41) is 2.00. The zero-order chi connectivity index (χ0) is 20.8. The second-order valence-corrected chi connectivity index (χ2v) is 7.70. The van der Waals surface area contributed by atoms with Crippen LogP contribution in [-0.2, 0) is 4.79 Å². The number of halogens is 2. The standard InChI is InChI=1S/C21H18Br2N2O4/c1-2-28-16-5-3-4-14(11-16)21(27)25-24-19(26)12-29-18-9-6-13-10-15(22)7-8-17(13)20(18)23/h3-11H,2,12H2,1H3,(H,24,26)(H,25,27). The molecular formula is C21H18Br2N2O4. The summed E-state index contributed by atoms with van der Waals surface area (Å²) in [5.74, 6) is 0.188. The van der Waals surface area contributed by atoms with Crippen LogP contribution in [0.3, 0.4) is 0 Å². The van der Waals surface area contributed by atoms with E-state index >= 15 is 0 Å². The molecule has 0 spiro atoms. The van der Waals surface area contributed by atoms with Gasteiger partial charge in [0.2, 0.25) is 0 Å². The lowest BCUT2D eigenvalue weighted by Crippen LogP contribution is -2.43. The van der Waals surface area contributed by atoms with Crippen LogP contribution in [0.25, 0.3) is 10.8 Å². The lowest BCUT2D eigenvalue weighted by molar-refractivity contribution is -0.123. The van der Waals surface area contributed by atoms with Crippen molar-refractivity contribution in [2.75, 3.05) is 13.2 Å². The Bertz CT molecular complexity index is 1060. The highest BCUT2D eigenvalue weighted by atomic mass is 79.9. The Morgan fingerprint density at radius 2 is 1.79 bits per heavy atom. The number of hydrazine groups is 1. The third kappa shape index (κ3) is 5.48. The minimum atomic E-state index is -0.484. The largest absolute Gasteiger partial charge is 0.494 e. The SMILES string of the molecule is CCOc1cccc(C(=O)NNC(=O)COc2ccc3cc(Br)ccc3c2Br)c1. The fourth-order valence-electron chi connectivity index (χ4n) is 2.63. The Balaban J connectivity index is 1.55. The quantitative estimate of drug-likeness (QED) is 0.465. The lowest BCUT2D eigenvalue weighted by atomic mass is 10.1. The van der Waals surface area contributed by atoms with E-state index in [2.05, 4.69) is 42.7 Å². The summed E-state index contributed by atoms with van der Waals surface area (Å²) in [5.41, 5.74) is 5.08. The molecule has 3 aromatic carbocycles. The van der Waals surface area contributed by atoms with Crippen molar-refractivity contribution in [2.45, 2.75) is 6.92 Å². The fourth-order valence-corrected chi connectivity index (χ4v) is 3.61. The maximum atomic E-state index is 12.2. The van der Waals surface area contributed by atoms with Crippen molar-refractivity contribution in [3.63, 3.8) is 0 Å². The van der Waals surface area contributed by atoms with Crippen LogP contribution in [0.1, 0.15) is 17.3 Å². The van der Waals surface area contributed by atoms with Crippen LogP contribution < -0.4 is 20.3 Å². The predicted molar refractivity (Wildman–Crippen MR) is 118 cm³/mol. The molecule has 0 aliphatic carbocycles. The molecule has 0 aromatic heterocycles. The van der Waals surface area contributed by atoms with Gasteiger partial charge in [0.15, 0.2) is 6.61 Å². The molecule has 0 aliphatic heterocycles. The third-order valence-electron chi connectivity index (χ3n) is 3.96. The van der Waals surface area contributed by atoms with Gasteiger partial charge in [-0.15, -0.1) is 0 Å². The highest BCUT2D eigenvalue weighted by molar-refractivity contribution is 9.11. The van der Waals surface area contributed by atoms with Crippen LogP contribution in [-0.4, -0.2) is 25.0 Å². The van der Waals surface area contributed by atoms with Gasteiger partial charge in [-0.25, -0.2) is 0 Å². The van der Waals surface area contributed by atoms with Gasteiger partial charge >= 0.3 is 0 Å². The number of carbonyl (C=O) groups excluding carboxylic acids is 2. The Morgan fingerprint density at radius 1 is 0.966 bits per heavy atom. The van der Waals surface area contributed by atoms with Crippen molar-refractivity contribution in [1.82, 2.24) is 10.9 Å². The Hall–Kier alpha value is -2.58. The third-order valence-corrected chi connectivity index (χ3v) is 5.27. The molecule has 0 saturated carbocycles. The summed E-state index contributed by atoms with van der Waals surface area (Å²) in [6, 6.07) is 16.3. The van der Waals surface area contributed by atoms with E-state index in [-0.39, 0.29) is 6.61 Å². The highest BCUT2D eigenvalue weighted by Crippen LogP contribution is 2.34. The number of carbonyl (C=O) groups is 2. The van der Waals surface area contributed by atoms with Crippen molar-refractivity contribution >= 4 is 54.4 Å². The van der Waals surface area contributed by atoms with Crippen molar-refractivity contribution in [3.05, 3.63) is 69.1 Å². The molecule has 0 bridgehead atoms. The molecule has 2 amide bonds. The Labute approximate surface area is 184 Å². The molecule has 3 aromatic rings. The molecule has 0 unspecified atom stereocenters. The Kier molecular flexibility index (Phi) is 7.11. The molecule has 3 rings (SSSR count). The molecule has 0 saturated heterocycles. The van der Waals surface area contributed by atoms with Gasteiger partial charge in [0.1, 0.15) is 11.5 Å². The van der Waals surface area contributed by atoms with Crippen molar-refractivity contribution in [2.24, 2.45) is 0 Å². The summed E-state index contributed by atoms with van der Waals surface area (Å²) in [4.78, 5) is 24.2. The zero-order valence-corrected chi connectivity index (χ0v) is 18.7. The first kappa shape index (κ1) is 21.1. The number of hydrogen-bond acceptors (Lipinski definition) is 4. The minimum absolute atomic E-state index is 0.250. The fraction of sp³-hybridized carbons (Fsp3) is 0.143. The monoisotopic (exact) mass is 520 g/mol. The molecular weight excluding hydrogens is 504 g/mol.